The number of aromatic nitrogens is 2. The molecule has 0 aliphatic heterocycles. The molecule has 2 rings (SSSR count). The van der Waals surface area contributed by atoms with E-state index in [9.17, 15) is 4.79 Å². The number of aryl methyl sites for hydroxylation is 1. The standard InChI is InChI=1S/C11H8Br2N2O/c1-15-3-2-10(14-15)11(16)7-4-8(12)6-9(13)5-7/h2-6H,1H3. The Kier molecular flexibility index (Phi) is 3.25. The van der Waals surface area contributed by atoms with Crippen molar-refractivity contribution in [2.24, 2.45) is 7.05 Å². The zero-order valence-corrected chi connectivity index (χ0v) is 11.6. The maximum Gasteiger partial charge on any atom is 0.213 e. The van der Waals surface area contributed by atoms with E-state index in [4.69, 9.17) is 0 Å². The zero-order valence-electron chi connectivity index (χ0n) is 8.45. The molecule has 0 radical (unpaired) electrons. The van der Waals surface area contributed by atoms with Crippen LogP contribution in [0.1, 0.15) is 16.1 Å². The van der Waals surface area contributed by atoms with Gasteiger partial charge in [0.15, 0.2) is 0 Å². The molecule has 0 aliphatic carbocycles. The van der Waals surface area contributed by atoms with Crippen molar-refractivity contribution >= 4 is 37.6 Å². The summed E-state index contributed by atoms with van der Waals surface area (Å²) in [4.78, 5) is 12.0. The van der Waals surface area contributed by atoms with Crippen molar-refractivity contribution in [1.82, 2.24) is 9.78 Å². The SMILES string of the molecule is Cn1ccc(C(=O)c2cc(Br)cc(Br)c2)n1. The Hall–Kier alpha value is -0.940. The Morgan fingerprint density at radius 3 is 2.38 bits per heavy atom. The minimum absolute atomic E-state index is 0.0809. The van der Waals surface area contributed by atoms with Gasteiger partial charge in [-0.1, -0.05) is 31.9 Å². The van der Waals surface area contributed by atoms with E-state index in [-0.39, 0.29) is 5.78 Å². The van der Waals surface area contributed by atoms with Crippen LogP contribution in [0.3, 0.4) is 0 Å². The van der Waals surface area contributed by atoms with Crippen LogP contribution in [0.4, 0.5) is 0 Å². The summed E-state index contributed by atoms with van der Waals surface area (Å²) in [5, 5.41) is 4.08. The van der Waals surface area contributed by atoms with Gasteiger partial charge >= 0.3 is 0 Å². The fraction of sp³-hybridized carbons (Fsp3) is 0.0909. The largest absolute Gasteiger partial charge is 0.287 e. The van der Waals surface area contributed by atoms with Crippen LogP contribution >= 0.6 is 31.9 Å². The highest BCUT2D eigenvalue weighted by Gasteiger charge is 2.12. The summed E-state index contributed by atoms with van der Waals surface area (Å²) in [6.07, 6.45) is 1.75. The van der Waals surface area contributed by atoms with E-state index in [1.54, 1.807) is 36.1 Å². The van der Waals surface area contributed by atoms with Gasteiger partial charge in [-0.3, -0.25) is 9.48 Å². The molecule has 0 atom stereocenters. The molecule has 1 aromatic heterocycles. The van der Waals surface area contributed by atoms with Gasteiger partial charge in [-0.15, -0.1) is 0 Å². The fourth-order valence-electron chi connectivity index (χ4n) is 1.37. The topological polar surface area (TPSA) is 34.9 Å². The molecule has 0 bridgehead atoms. The first-order valence-corrected chi connectivity index (χ1v) is 6.15. The van der Waals surface area contributed by atoms with Gasteiger partial charge in [0.2, 0.25) is 5.78 Å². The molecule has 1 heterocycles. The van der Waals surface area contributed by atoms with Crippen molar-refractivity contribution in [1.29, 1.82) is 0 Å². The van der Waals surface area contributed by atoms with Gasteiger partial charge in [0.1, 0.15) is 5.69 Å². The van der Waals surface area contributed by atoms with E-state index in [2.05, 4.69) is 37.0 Å². The van der Waals surface area contributed by atoms with Gasteiger partial charge in [-0.2, -0.15) is 5.10 Å². The van der Waals surface area contributed by atoms with Crippen molar-refractivity contribution in [2.75, 3.05) is 0 Å². The van der Waals surface area contributed by atoms with E-state index in [0.717, 1.165) is 8.95 Å². The molecule has 0 unspecified atom stereocenters. The summed E-state index contributed by atoms with van der Waals surface area (Å²) in [6, 6.07) is 7.15. The van der Waals surface area contributed by atoms with Crippen LogP contribution in [0.15, 0.2) is 39.4 Å². The number of ketones is 1. The molecule has 82 valence electrons. The first-order chi connectivity index (χ1) is 7.56. The molecule has 0 aliphatic rings. The van der Waals surface area contributed by atoms with Gasteiger partial charge in [-0.05, 0) is 24.3 Å². The van der Waals surface area contributed by atoms with Gasteiger partial charge in [0, 0.05) is 27.8 Å². The zero-order chi connectivity index (χ0) is 11.7. The van der Waals surface area contributed by atoms with E-state index >= 15 is 0 Å². The summed E-state index contributed by atoms with van der Waals surface area (Å²) < 4.78 is 3.34. The molecule has 0 N–H and O–H groups in total. The Labute approximate surface area is 110 Å². The summed E-state index contributed by atoms with van der Waals surface area (Å²) >= 11 is 6.70. The number of nitrogens with zero attached hydrogens (tertiary/aromatic N) is 2. The van der Waals surface area contributed by atoms with E-state index in [1.165, 1.54) is 0 Å². The van der Waals surface area contributed by atoms with Crippen LogP contribution in [0, 0.1) is 0 Å². The molecule has 0 saturated heterocycles. The smallest absolute Gasteiger partial charge is 0.213 e. The second-order valence-electron chi connectivity index (χ2n) is 3.36. The number of hydrogen-bond donors (Lipinski definition) is 0. The maximum atomic E-state index is 12.0. The molecule has 16 heavy (non-hydrogen) atoms. The number of benzene rings is 1. The highest BCUT2D eigenvalue weighted by Crippen LogP contribution is 2.21. The molecule has 0 amide bonds. The lowest BCUT2D eigenvalue weighted by molar-refractivity contribution is 0.103. The third kappa shape index (κ3) is 2.41. The lowest BCUT2D eigenvalue weighted by Crippen LogP contribution is -2.03. The first-order valence-electron chi connectivity index (χ1n) is 4.57. The van der Waals surface area contributed by atoms with Crippen LogP contribution in [-0.2, 0) is 7.05 Å². The molecule has 2 aromatic rings. The first kappa shape index (κ1) is 11.5. The minimum atomic E-state index is -0.0809. The monoisotopic (exact) mass is 342 g/mol. The lowest BCUT2D eigenvalue weighted by atomic mass is 10.1. The van der Waals surface area contributed by atoms with Crippen molar-refractivity contribution in [3.63, 3.8) is 0 Å². The van der Waals surface area contributed by atoms with Gasteiger partial charge < -0.3 is 0 Å². The predicted molar refractivity (Wildman–Crippen MR) is 68.5 cm³/mol. The fourth-order valence-corrected chi connectivity index (χ4v) is 2.66. The maximum absolute atomic E-state index is 12.0. The van der Waals surface area contributed by atoms with Crippen molar-refractivity contribution in [3.05, 3.63) is 50.7 Å². The van der Waals surface area contributed by atoms with Crippen LogP contribution in [0.5, 0.6) is 0 Å². The molecule has 0 spiro atoms. The second-order valence-corrected chi connectivity index (χ2v) is 5.19. The Bertz CT molecular complexity index is 528. The predicted octanol–water partition coefficient (Wildman–Crippen LogP) is 3.18. The van der Waals surface area contributed by atoms with E-state index in [1.807, 2.05) is 6.07 Å². The lowest BCUT2D eigenvalue weighted by Gasteiger charge is -2.00. The average molecular weight is 344 g/mol. The third-order valence-corrected chi connectivity index (χ3v) is 2.99. The van der Waals surface area contributed by atoms with Crippen molar-refractivity contribution in [3.8, 4) is 0 Å². The Balaban J connectivity index is 2.41. The average Bonchev–Trinajstić information content (AvgIpc) is 2.62. The highest BCUT2D eigenvalue weighted by atomic mass is 79.9. The molecule has 1 aromatic carbocycles. The second kappa shape index (κ2) is 4.51. The third-order valence-electron chi connectivity index (χ3n) is 2.07. The quantitative estimate of drug-likeness (QED) is 0.785. The van der Waals surface area contributed by atoms with Gasteiger partial charge in [0.05, 0.1) is 0 Å². The number of rotatable bonds is 2. The van der Waals surface area contributed by atoms with Crippen molar-refractivity contribution in [2.45, 2.75) is 0 Å². The molecule has 3 nitrogen and oxygen atoms in total. The van der Waals surface area contributed by atoms with Gasteiger partial charge in [-0.25, -0.2) is 0 Å². The number of halogens is 2. The number of carbonyl (C=O) groups excluding carboxylic acids is 1. The highest BCUT2D eigenvalue weighted by molar-refractivity contribution is 9.11. The molecular formula is C11H8Br2N2O. The molecule has 5 heteroatoms. The summed E-state index contributed by atoms with van der Waals surface area (Å²) in [5.41, 5.74) is 1.06. The minimum Gasteiger partial charge on any atom is -0.287 e. The van der Waals surface area contributed by atoms with Gasteiger partial charge in [0.25, 0.3) is 0 Å². The number of carbonyl (C=O) groups is 1. The van der Waals surface area contributed by atoms with E-state index < -0.39 is 0 Å². The van der Waals surface area contributed by atoms with E-state index in [0.29, 0.717) is 11.3 Å². The summed E-state index contributed by atoms with van der Waals surface area (Å²) in [7, 11) is 1.79. The number of hydrogen-bond acceptors (Lipinski definition) is 2. The summed E-state index contributed by atoms with van der Waals surface area (Å²) in [5.74, 6) is -0.0809. The Morgan fingerprint density at radius 1 is 1.25 bits per heavy atom. The van der Waals surface area contributed by atoms with Crippen LogP contribution in [-0.4, -0.2) is 15.6 Å². The van der Waals surface area contributed by atoms with Crippen LogP contribution in [0.25, 0.3) is 0 Å². The Morgan fingerprint density at radius 2 is 1.88 bits per heavy atom. The van der Waals surface area contributed by atoms with Crippen LogP contribution < -0.4 is 0 Å². The molecular weight excluding hydrogens is 336 g/mol. The van der Waals surface area contributed by atoms with Crippen molar-refractivity contribution < 1.29 is 4.79 Å². The molecule has 0 saturated carbocycles. The van der Waals surface area contributed by atoms with Crippen LogP contribution in [0.2, 0.25) is 0 Å². The molecule has 0 fully saturated rings. The summed E-state index contributed by atoms with van der Waals surface area (Å²) in [6.45, 7) is 0. The normalized spacial score (nSPS) is 10.4.